The molecule has 2 atom stereocenters. The molecular weight excluding hydrogens is 342 g/mol. The zero-order valence-corrected chi connectivity index (χ0v) is 16.4. The van der Waals surface area contributed by atoms with Crippen molar-refractivity contribution in [1.82, 2.24) is 19.9 Å². The third-order valence-electron chi connectivity index (χ3n) is 5.09. The Balaban J connectivity index is 1.73. The summed E-state index contributed by atoms with van der Waals surface area (Å²) < 4.78 is 5.78. The molecule has 2 aliphatic heterocycles. The van der Waals surface area contributed by atoms with Gasteiger partial charge in [-0.2, -0.15) is 4.98 Å². The summed E-state index contributed by atoms with van der Waals surface area (Å²) in [7, 11) is 0. The summed E-state index contributed by atoms with van der Waals surface area (Å²) in [5.41, 5.74) is 7.58. The van der Waals surface area contributed by atoms with Gasteiger partial charge in [-0.3, -0.25) is 0 Å². The van der Waals surface area contributed by atoms with Crippen molar-refractivity contribution in [3.63, 3.8) is 0 Å². The second-order valence-corrected chi connectivity index (χ2v) is 8.41. The molecule has 27 heavy (non-hydrogen) atoms. The molecule has 0 amide bonds. The van der Waals surface area contributed by atoms with Crippen molar-refractivity contribution in [1.29, 1.82) is 0 Å². The van der Waals surface area contributed by atoms with Crippen molar-refractivity contribution in [3.8, 4) is 11.3 Å². The van der Waals surface area contributed by atoms with Gasteiger partial charge in [-0.1, -0.05) is 13.8 Å². The van der Waals surface area contributed by atoms with Crippen LogP contribution >= 0.6 is 0 Å². The Labute approximate surface area is 159 Å². The van der Waals surface area contributed by atoms with E-state index in [-0.39, 0.29) is 18.1 Å². The van der Waals surface area contributed by atoms with Crippen LogP contribution in [-0.2, 0) is 4.74 Å². The SMILES string of the molecule is C[C@H]1CN(c2cc(-c3cnc(N)nc3)nc(N3CC(C)(C)C3)n2)[C@@H](C)CO1. The Morgan fingerprint density at radius 3 is 2.52 bits per heavy atom. The number of hydrogen-bond acceptors (Lipinski definition) is 8. The molecule has 2 aromatic heterocycles. The number of aromatic nitrogens is 4. The van der Waals surface area contributed by atoms with Gasteiger partial charge in [-0.05, 0) is 19.3 Å². The molecule has 4 rings (SSSR count). The molecule has 144 valence electrons. The summed E-state index contributed by atoms with van der Waals surface area (Å²) in [5.74, 6) is 1.93. The number of ether oxygens (including phenoxy) is 1. The first kappa shape index (κ1) is 17.9. The maximum atomic E-state index is 5.78. The minimum Gasteiger partial charge on any atom is -0.375 e. The fourth-order valence-corrected chi connectivity index (χ4v) is 3.68. The Morgan fingerprint density at radius 2 is 1.85 bits per heavy atom. The molecule has 0 radical (unpaired) electrons. The number of nitrogen functional groups attached to an aromatic ring is 1. The lowest BCUT2D eigenvalue weighted by atomic mass is 9.85. The van der Waals surface area contributed by atoms with Crippen LogP contribution in [-0.4, -0.2) is 58.3 Å². The highest BCUT2D eigenvalue weighted by molar-refractivity contribution is 5.64. The second-order valence-electron chi connectivity index (χ2n) is 8.41. The predicted molar refractivity (Wildman–Crippen MR) is 106 cm³/mol. The lowest BCUT2D eigenvalue weighted by Gasteiger charge is -2.46. The molecule has 8 nitrogen and oxygen atoms in total. The number of hydrogen-bond donors (Lipinski definition) is 1. The summed E-state index contributed by atoms with van der Waals surface area (Å²) >= 11 is 0. The smallest absolute Gasteiger partial charge is 0.227 e. The summed E-state index contributed by atoms with van der Waals surface area (Å²) in [6.07, 6.45) is 3.60. The summed E-state index contributed by atoms with van der Waals surface area (Å²) in [6.45, 7) is 12.2. The van der Waals surface area contributed by atoms with Gasteiger partial charge in [0.25, 0.3) is 0 Å². The average molecular weight is 369 g/mol. The van der Waals surface area contributed by atoms with Crippen LogP contribution in [0.2, 0.25) is 0 Å². The van der Waals surface area contributed by atoms with Crippen LogP contribution in [0, 0.1) is 5.41 Å². The Kier molecular flexibility index (Phi) is 4.38. The highest BCUT2D eigenvalue weighted by atomic mass is 16.5. The van der Waals surface area contributed by atoms with E-state index in [1.807, 2.05) is 6.07 Å². The molecule has 4 heterocycles. The molecule has 0 aliphatic carbocycles. The van der Waals surface area contributed by atoms with E-state index >= 15 is 0 Å². The van der Waals surface area contributed by atoms with Crippen molar-refractivity contribution in [2.75, 3.05) is 41.8 Å². The quantitative estimate of drug-likeness (QED) is 0.878. The van der Waals surface area contributed by atoms with Crippen LogP contribution in [0.1, 0.15) is 27.7 Å². The van der Waals surface area contributed by atoms with Gasteiger partial charge < -0.3 is 20.3 Å². The molecule has 0 aromatic carbocycles. The van der Waals surface area contributed by atoms with E-state index in [0.29, 0.717) is 12.0 Å². The fourth-order valence-electron chi connectivity index (χ4n) is 3.68. The van der Waals surface area contributed by atoms with Gasteiger partial charge in [0.2, 0.25) is 11.9 Å². The first-order valence-electron chi connectivity index (χ1n) is 9.41. The normalized spacial score (nSPS) is 24.6. The Bertz CT molecular complexity index is 815. The molecule has 2 N–H and O–H groups in total. The van der Waals surface area contributed by atoms with Gasteiger partial charge in [-0.25, -0.2) is 15.0 Å². The van der Waals surface area contributed by atoms with Gasteiger partial charge in [0, 0.05) is 43.7 Å². The van der Waals surface area contributed by atoms with Crippen LogP contribution in [0.15, 0.2) is 18.5 Å². The van der Waals surface area contributed by atoms with Gasteiger partial charge in [0.1, 0.15) is 5.82 Å². The van der Waals surface area contributed by atoms with E-state index in [0.717, 1.165) is 42.7 Å². The van der Waals surface area contributed by atoms with E-state index in [1.165, 1.54) is 0 Å². The molecule has 0 saturated carbocycles. The maximum absolute atomic E-state index is 5.78. The van der Waals surface area contributed by atoms with Crippen molar-refractivity contribution in [2.24, 2.45) is 5.41 Å². The summed E-state index contributed by atoms with van der Waals surface area (Å²) in [6, 6.07) is 2.27. The van der Waals surface area contributed by atoms with Gasteiger partial charge in [0.15, 0.2) is 0 Å². The van der Waals surface area contributed by atoms with E-state index in [2.05, 4.69) is 47.5 Å². The monoisotopic (exact) mass is 369 g/mol. The predicted octanol–water partition coefficient (Wildman–Crippen LogP) is 1.98. The molecule has 0 bridgehead atoms. The fraction of sp³-hybridized carbons (Fsp3) is 0.579. The van der Waals surface area contributed by atoms with Crippen molar-refractivity contribution in [2.45, 2.75) is 39.8 Å². The Morgan fingerprint density at radius 1 is 1.15 bits per heavy atom. The van der Waals surface area contributed by atoms with Gasteiger partial charge in [0.05, 0.1) is 24.4 Å². The number of morpholine rings is 1. The third-order valence-corrected chi connectivity index (χ3v) is 5.09. The van der Waals surface area contributed by atoms with Crippen LogP contribution in [0.25, 0.3) is 11.3 Å². The van der Waals surface area contributed by atoms with E-state index in [1.54, 1.807) is 12.4 Å². The van der Waals surface area contributed by atoms with E-state index < -0.39 is 0 Å². The molecule has 2 saturated heterocycles. The standard InChI is InChI=1S/C19H27N7O/c1-12-9-27-13(2)8-26(12)16-5-15(14-6-21-17(20)22-7-14)23-18(24-16)25-10-19(3,4)11-25/h5-7,12-13H,8-11H2,1-4H3,(H2,20,21,22)/t12-,13-/m0/s1. The average Bonchev–Trinajstić information content (AvgIpc) is 2.62. The summed E-state index contributed by atoms with van der Waals surface area (Å²) in [4.78, 5) is 22.4. The third kappa shape index (κ3) is 3.66. The molecule has 2 aromatic rings. The first-order valence-corrected chi connectivity index (χ1v) is 9.41. The molecule has 8 heteroatoms. The van der Waals surface area contributed by atoms with Gasteiger partial charge in [-0.15, -0.1) is 0 Å². The number of rotatable bonds is 3. The van der Waals surface area contributed by atoms with Crippen molar-refractivity contribution < 1.29 is 4.74 Å². The summed E-state index contributed by atoms with van der Waals surface area (Å²) in [5, 5.41) is 0. The second kappa shape index (κ2) is 6.60. The first-order chi connectivity index (χ1) is 12.8. The van der Waals surface area contributed by atoms with Gasteiger partial charge >= 0.3 is 0 Å². The molecule has 0 unspecified atom stereocenters. The van der Waals surface area contributed by atoms with Crippen molar-refractivity contribution >= 4 is 17.7 Å². The maximum Gasteiger partial charge on any atom is 0.227 e. The zero-order valence-electron chi connectivity index (χ0n) is 16.4. The highest BCUT2D eigenvalue weighted by Crippen LogP contribution is 2.34. The lowest BCUT2D eigenvalue weighted by Crippen LogP contribution is -2.54. The Hall–Kier alpha value is -2.48. The van der Waals surface area contributed by atoms with E-state index in [9.17, 15) is 0 Å². The number of nitrogens with two attached hydrogens (primary N) is 1. The number of nitrogens with zero attached hydrogens (tertiary/aromatic N) is 6. The lowest BCUT2D eigenvalue weighted by molar-refractivity contribution is 0.0340. The molecule has 2 fully saturated rings. The number of anilines is 3. The largest absolute Gasteiger partial charge is 0.375 e. The van der Waals surface area contributed by atoms with Crippen LogP contribution < -0.4 is 15.5 Å². The topological polar surface area (TPSA) is 93.3 Å². The van der Waals surface area contributed by atoms with Crippen molar-refractivity contribution in [3.05, 3.63) is 18.5 Å². The molecule has 2 aliphatic rings. The molecular formula is C19H27N7O. The zero-order chi connectivity index (χ0) is 19.2. The van der Waals surface area contributed by atoms with E-state index in [4.69, 9.17) is 20.4 Å². The minimum absolute atomic E-state index is 0.172. The van der Waals surface area contributed by atoms with Crippen LogP contribution in [0.4, 0.5) is 17.7 Å². The highest BCUT2D eigenvalue weighted by Gasteiger charge is 2.36. The minimum atomic E-state index is 0.172. The van der Waals surface area contributed by atoms with Crippen LogP contribution in [0.5, 0.6) is 0 Å². The van der Waals surface area contributed by atoms with Crippen LogP contribution in [0.3, 0.4) is 0 Å². The molecule has 0 spiro atoms.